The van der Waals surface area contributed by atoms with Crippen molar-refractivity contribution in [3.63, 3.8) is 0 Å². The van der Waals surface area contributed by atoms with Crippen LogP contribution in [0.5, 0.6) is 0 Å². The molecule has 5 nitrogen and oxygen atoms in total. The molecule has 0 amide bonds. The predicted octanol–water partition coefficient (Wildman–Crippen LogP) is 3.34. The van der Waals surface area contributed by atoms with Gasteiger partial charge in [-0.05, 0) is 30.8 Å². The molecular formula is C22H26N4O. The van der Waals surface area contributed by atoms with E-state index in [-0.39, 0.29) is 0 Å². The summed E-state index contributed by atoms with van der Waals surface area (Å²) in [5.41, 5.74) is 4.99. The molecule has 0 unspecified atom stereocenters. The maximum absolute atomic E-state index is 5.50. The van der Waals surface area contributed by atoms with Gasteiger partial charge in [0.15, 0.2) is 0 Å². The van der Waals surface area contributed by atoms with Crippen molar-refractivity contribution in [2.24, 2.45) is 0 Å². The van der Waals surface area contributed by atoms with E-state index >= 15 is 0 Å². The van der Waals surface area contributed by atoms with Gasteiger partial charge in [-0.25, -0.2) is 4.68 Å². The average molecular weight is 362 g/mol. The van der Waals surface area contributed by atoms with Gasteiger partial charge in [-0.2, -0.15) is 5.10 Å². The maximum Gasteiger partial charge on any atom is 0.0645 e. The molecular weight excluding hydrogens is 336 g/mol. The molecule has 1 aromatic heterocycles. The SMILES string of the molecule is CN(Cc1cnn(-c2ccccc2)c1)Cc1ccccc1N1CCOCC1. The molecule has 0 bridgehead atoms. The fourth-order valence-electron chi connectivity index (χ4n) is 3.58. The van der Waals surface area contributed by atoms with Crippen molar-refractivity contribution in [3.05, 3.63) is 78.1 Å². The number of anilines is 1. The second kappa shape index (κ2) is 8.37. The number of benzene rings is 2. The summed E-state index contributed by atoms with van der Waals surface area (Å²) in [5.74, 6) is 0. The summed E-state index contributed by atoms with van der Waals surface area (Å²) in [6.45, 7) is 5.31. The van der Waals surface area contributed by atoms with Crippen LogP contribution in [-0.4, -0.2) is 48.0 Å². The number of hydrogen-bond donors (Lipinski definition) is 0. The van der Waals surface area contributed by atoms with E-state index in [4.69, 9.17) is 4.74 Å². The van der Waals surface area contributed by atoms with E-state index in [1.165, 1.54) is 16.8 Å². The Kier molecular flexibility index (Phi) is 5.51. The molecule has 1 aliphatic rings. The first kappa shape index (κ1) is 17.8. The zero-order valence-electron chi connectivity index (χ0n) is 15.8. The van der Waals surface area contributed by atoms with Gasteiger partial charge in [-0.1, -0.05) is 36.4 Å². The van der Waals surface area contributed by atoms with Crippen molar-refractivity contribution in [3.8, 4) is 5.69 Å². The van der Waals surface area contributed by atoms with E-state index in [9.17, 15) is 0 Å². The van der Waals surface area contributed by atoms with E-state index in [0.29, 0.717) is 0 Å². The van der Waals surface area contributed by atoms with Crippen molar-refractivity contribution < 1.29 is 4.74 Å². The summed E-state index contributed by atoms with van der Waals surface area (Å²) in [5, 5.41) is 4.51. The summed E-state index contributed by atoms with van der Waals surface area (Å²) >= 11 is 0. The molecule has 140 valence electrons. The average Bonchev–Trinajstić information content (AvgIpc) is 3.18. The summed E-state index contributed by atoms with van der Waals surface area (Å²) in [7, 11) is 2.16. The van der Waals surface area contributed by atoms with Crippen LogP contribution >= 0.6 is 0 Å². The number of ether oxygens (including phenoxy) is 1. The van der Waals surface area contributed by atoms with E-state index in [2.05, 4.69) is 64.5 Å². The van der Waals surface area contributed by atoms with Crippen LogP contribution in [0.2, 0.25) is 0 Å². The molecule has 0 N–H and O–H groups in total. The summed E-state index contributed by atoms with van der Waals surface area (Å²) < 4.78 is 7.43. The largest absolute Gasteiger partial charge is 0.378 e. The van der Waals surface area contributed by atoms with Crippen LogP contribution in [0.4, 0.5) is 5.69 Å². The van der Waals surface area contributed by atoms with Gasteiger partial charge >= 0.3 is 0 Å². The van der Waals surface area contributed by atoms with Crippen molar-refractivity contribution in [1.82, 2.24) is 14.7 Å². The Morgan fingerprint density at radius 1 is 0.963 bits per heavy atom. The molecule has 0 saturated carbocycles. The number of rotatable bonds is 6. The van der Waals surface area contributed by atoms with Gasteiger partial charge in [0.2, 0.25) is 0 Å². The Labute approximate surface area is 160 Å². The fraction of sp³-hybridized carbons (Fsp3) is 0.318. The lowest BCUT2D eigenvalue weighted by molar-refractivity contribution is 0.122. The Morgan fingerprint density at radius 3 is 2.52 bits per heavy atom. The molecule has 0 spiro atoms. The molecule has 1 fully saturated rings. The minimum Gasteiger partial charge on any atom is -0.378 e. The van der Waals surface area contributed by atoms with E-state index in [1.807, 2.05) is 29.1 Å². The highest BCUT2D eigenvalue weighted by Crippen LogP contribution is 2.23. The van der Waals surface area contributed by atoms with Gasteiger partial charge in [-0.3, -0.25) is 4.90 Å². The highest BCUT2D eigenvalue weighted by atomic mass is 16.5. The van der Waals surface area contributed by atoms with Crippen LogP contribution in [0.25, 0.3) is 5.69 Å². The first-order valence-corrected chi connectivity index (χ1v) is 9.48. The topological polar surface area (TPSA) is 33.5 Å². The molecule has 0 radical (unpaired) electrons. The van der Waals surface area contributed by atoms with Crippen LogP contribution in [0, 0.1) is 0 Å². The number of hydrogen-bond acceptors (Lipinski definition) is 4. The van der Waals surface area contributed by atoms with Gasteiger partial charge in [0.1, 0.15) is 0 Å². The normalized spacial score (nSPS) is 14.7. The van der Waals surface area contributed by atoms with E-state index in [0.717, 1.165) is 45.1 Å². The van der Waals surface area contributed by atoms with Gasteiger partial charge in [0.25, 0.3) is 0 Å². The molecule has 1 saturated heterocycles. The van der Waals surface area contributed by atoms with E-state index in [1.54, 1.807) is 0 Å². The minimum absolute atomic E-state index is 0.808. The van der Waals surface area contributed by atoms with Crippen molar-refractivity contribution in [2.75, 3.05) is 38.3 Å². The molecule has 1 aliphatic heterocycles. The van der Waals surface area contributed by atoms with Gasteiger partial charge in [0, 0.05) is 43.6 Å². The highest BCUT2D eigenvalue weighted by molar-refractivity contribution is 5.54. The number of morpholine rings is 1. The second-order valence-electron chi connectivity index (χ2n) is 7.03. The molecule has 5 heteroatoms. The lowest BCUT2D eigenvalue weighted by Gasteiger charge is -2.31. The zero-order chi connectivity index (χ0) is 18.5. The highest BCUT2D eigenvalue weighted by Gasteiger charge is 2.15. The first-order valence-electron chi connectivity index (χ1n) is 9.48. The third kappa shape index (κ3) is 4.38. The molecule has 4 rings (SSSR count). The second-order valence-corrected chi connectivity index (χ2v) is 7.03. The van der Waals surface area contributed by atoms with Gasteiger partial charge in [-0.15, -0.1) is 0 Å². The van der Waals surface area contributed by atoms with Gasteiger partial charge in [0.05, 0.1) is 25.1 Å². The minimum atomic E-state index is 0.808. The van der Waals surface area contributed by atoms with Gasteiger partial charge < -0.3 is 9.64 Å². The Hall–Kier alpha value is -2.63. The number of nitrogens with zero attached hydrogens (tertiary/aromatic N) is 4. The van der Waals surface area contributed by atoms with Crippen LogP contribution in [0.1, 0.15) is 11.1 Å². The van der Waals surface area contributed by atoms with Crippen LogP contribution in [0.15, 0.2) is 67.0 Å². The molecule has 2 aromatic carbocycles. The molecule has 3 aromatic rings. The first-order chi connectivity index (χ1) is 13.3. The third-order valence-electron chi connectivity index (χ3n) is 4.89. The number of aromatic nitrogens is 2. The quantitative estimate of drug-likeness (QED) is 0.673. The molecule has 27 heavy (non-hydrogen) atoms. The van der Waals surface area contributed by atoms with Crippen LogP contribution < -0.4 is 4.90 Å². The lowest BCUT2D eigenvalue weighted by atomic mass is 10.1. The maximum atomic E-state index is 5.50. The van der Waals surface area contributed by atoms with Crippen LogP contribution in [-0.2, 0) is 17.8 Å². The number of para-hydroxylation sites is 2. The Balaban J connectivity index is 1.43. The molecule has 0 atom stereocenters. The van der Waals surface area contributed by atoms with E-state index < -0.39 is 0 Å². The van der Waals surface area contributed by atoms with Crippen molar-refractivity contribution in [2.45, 2.75) is 13.1 Å². The molecule has 0 aliphatic carbocycles. The Morgan fingerprint density at radius 2 is 1.70 bits per heavy atom. The fourth-order valence-corrected chi connectivity index (χ4v) is 3.58. The summed E-state index contributed by atoms with van der Waals surface area (Å²) in [6.07, 6.45) is 4.07. The lowest BCUT2D eigenvalue weighted by Crippen LogP contribution is -2.37. The summed E-state index contributed by atoms with van der Waals surface area (Å²) in [4.78, 5) is 4.77. The Bertz CT molecular complexity index is 856. The zero-order valence-corrected chi connectivity index (χ0v) is 15.8. The van der Waals surface area contributed by atoms with Crippen LogP contribution in [0.3, 0.4) is 0 Å². The van der Waals surface area contributed by atoms with Crippen molar-refractivity contribution in [1.29, 1.82) is 0 Å². The monoisotopic (exact) mass is 362 g/mol. The third-order valence-corrected chi connectivity index (χ3v) is 4.89. The van der Waals surface area contributed by atoms with Crippen molar-refractivity contribution >= 4 is 5.69 Å². The molecule has 2 heterocycles. The smallest absolute Gasteiger partial charge is 0.0645 e. The summed E-state index contributed by atoms with van der Waals surface area (Å²) in [6, 6.07) is 18.9. The predicted molar refractivity (Wildman–Crippen MR) is 108 cm³/mol. The standard InChI is InChI=1S/C22H26N4O/c1-24(16-19-15-23-26(17-19)21-8-3-2-4-9-21)18-20-7-5-6-10-22(20)25-11-13-27-14-12-25/h2-10,15,17H,11-14,16,18H2,1H3.